The van der Waals surface area contributed by atoms with Crippen molar-refractivity contribution in [3.05, 3.63) is 35.4 Å². The largest absolute Gasteiger partial charge is 0.378 e. The highest BCUT2D eigenvalue weighted by Crippen LogP contribution is 2.29. The van der Waals surface area contributed by atoms with Gasteiger partial charge in [-0.05, 0) is 45.3 Å². The number of fused-ring (bicyclic) bond motifs is 2. The lowest BCUT2D eigenvalue weighted by molar-refractivity contribution is 0.135. The minimum absolute atomic E-state index is 0.776. The summed E-state index contributed by atoms with van der Waals surface area (Å²) in [6, 6.07) is 9.13. The maximum absolute atomic E-state index is 5.71. The zero-order valence-corrected chi connectivity index (χ0v) is 14.1. The first kappa shape index (κ1) is 13.7. The Balaban J connectivity index is 2.37. The molecule has 2 aromatic carbocycles. The molecule has 0 saturated carbocycles. The Morgan fingerprint density at radius 2 is 1.80 bits per heavy atom. The Bertz CT molecular complexity index is 671. The number of anilines is 1. The molecule has 106 valence electrons. The van der Waals surface area contributed by atoms with Gasteiger partial charge in [-0.1, -0.05) is 25.7 Å². The third-order valence-corrected chi connectivity index (χ3v) is 6.17. The summed E-state index contributed by atoms with van der Waals surface area (Å²) in [5.74, 6) is 0. The Morgan fingerprint density at radius 1 is 1.05 bits per heavy atom. The summed E-state index contributed by atoms with van der Waals surface area (Å²) in [5.41, 5.74) is 4.14. The molecule has 0 atom stereocenters. The van der Waals surface area contributed by atoms with Crippen molar-refractivity contribution in [2.75, 3.05) is 19.0 Å². The molecule has 0 saturated heterocycles. The molecule has 3 rings (SSSR count). The lowest BCUT2D eigenvalue weighted by Gasteiger charge is -2.24. The van der Waals surface area contributed by atoms with E-state index >= 15 is 0 Å². The maximum atomic E-state index is 5.71. The number of nitrogens with zero attached hydrogens (tertiary/aromatic N) is 1. The number of hydrogen-bond acceptors (Lipinski definition) is 2. The highest BCUT2D eigenvalue weighted by Gasteiger charge is 2.27. The third-order valence-electron chi connectivity index (χ3n) is 4.10. The SMILES string of the molecule is CN(C)c1ccc2cc3c(c([Si](C)(C)C)c2c1)COC3. The van der Waals surface area contributed by atoms with E-state index in [1.807, 2.05) is 0 Å². The van der Waals surface area contributed by atoms with Gasteiger partial charge in [-0.25, -0.2) is 0 Å². The molecule has 2 aromatic rings. The van der Waals surface area contributed by atoms with Crippen LogP contribution in [-0.2, 0) is 18.0 Å². The van der Waals surface area contributed by atoms with E-state index in [4.69, 9.17) is 4.74 Å². The maximum Gasteiger partial charge on any atom is 0.0789 e. The van der Waals surface area contributed by atoms with Gasteiger partial charge >= 0.3 is 0 Å². The summed E-state index contributed by atoms with van der Waals surface area (Å²) < 4.78 is 5.71. The van der Waals surface area contributed by atoms with Crippen LogP contribution in [0.4, 0.5) is 5.69 Å². The standard InChI is InChI=1S/C17H23NOSi/c1-18(2)14-7-6-12-8-13-10-19-11-16(13)17(15(12)9-14)20(3,4)5/h6-9H,10-11H2,1-5H3. The molecular weight excluding hydrogens is 262 g/mol. The summed E-state index contributed by atoms with van der Waals surface area (Å²) in [4.78, 5) is 2.18. The fraction of sp³-hybridized carbons (Fsp3) is 0.412. The van der Waals surface area contributed by atoms with Crippen molar-refractivity contribution in [1.29, 1.82) is 0 Å². The molecule has 0 bridgehead atoms. The van der Waals surface area contributed by atoms with Gasteiger partial charge in [-0.3, -0.25) is 0 Å². The Hall–Kier alpha value is -1.32. The van der Waals surface area contributed by atoms with E-state index in [9.17, 15) is 0 Å². The molecule has 0 aliphatic carbocycles. The van der Waals surface area contributed by atoms with Crippen LogP contribution in [0.2, 0.25) is 19.6 Å². The topological polar surface area (TPSA) is 12.5 Å². The number of rotatable bonds is 2. The number of ether oxygens (including phenoxy) is 1. The van der Waals surface area contributed by atoms with Crippen molar-refractivity contribution < 1.29 is 4.74 Å². The summed E-state index contributed by atoms with van der Waals surface area (Å²) >= 11 is 0. The molecule has 1 heterocycles. The monoisotopic (exact) mass is 285 g/mol. The van der Waals surface area contributed by atoms with E-state index in [0.717, 1.165) is 13.2 Å². The van der Waals surface area contributed by atoms with E-state index in [-0.39, 0.29) is 0 Å². The lowest BCUT2D eigenvalue weighted by Crippen LogP contribution is -2.41. The molecule has 0 radical (unpaired) electrons. The van der Waals surface area contributed by atoms with Crippen molar-refractivity contribution in [2.45, 2.75) is 32.9 Å². The minimum Gasteiger partial charge on any atom is -0.378 e. The molecule has 0 aromatic heterocycles. The average molecular weight is 285 g/mol. The van der Waals surface area contributed by atoms with E-state index < -0.39 is 8.07 Å². The van der Waals surface area contributed by atoms with Gasteiger partial charge in [-0.2, -0.15) is 0 Å². The molecule has 0 amide bonds. The van der Waals surface area contributed by atoms with Crippen molar-refractivity contribution in [3.63, 3.8) is 0 Å². The smallest absolute Gasteiger partial charge is 0.0789 e. The van der Waals surface area contributed by atoms with Crippen LogP contribution < -0.4 is 10.1 Å². The van der Waals surface area contributed by atoms with Crippen LogP contribution in [-0.4, -0.2) is 22.2 Å². The van der Waals surface area contributed by atoms with Gasteiger partial charge in [-0.15, -0.1) is 0 Å². The van der Waals surface area contributed by atoms with E-state index in [0.29, 0.717) is 0 Å². The van der Waals surface area contributed by atoms with Crippen LogP contribution in [0.5, 0.6) is 0 Å². The lowest BCUT2D eigenvalue weighted by atomic mass is 10.0. The molecule has 1 aliphatic rings. The Labute approximate surface area is 122 Å². The minimum atomic E-state index is -1.41. The second-order valence-electron chi connectivity index (χ2n) is 6.93. The Morgan fingerprint density at radius 3 is 2.45 bits per heavy atom. The second kappa shape index (κ2) is 4.60. The molecule has 0 unspecified atom stereocenters. The average Bonchev–Trinajstić information content (AvgIpc) is 2.80. The zero-order chi connectivity index (χ0) is 14.5. The molecule has 1 aliphatic heterocycles. The van der Waals surface area contributed by atoms with Crippen LogP contribution in [0.3, 0.4) is 0 Å². The fourth-order valence-corrected chi connectivity index (χ4v) is 5.34. The Kier molecular flexibility index (Phi) is 3.14. The zero-order valence-electron chi connectivity index (χ0n) is 13.1. The van der Waals surface area contributed by atoms with Gasteiger partial charge in [0.1, 0.15) is 0 Å². The molecular formula is C17H23NOSi. The quantitative estimate of drug-likeness (QED) is 0.783. The molecule has 0 spiro atoms. The highest BCUT2D eigenvalue weighted by molar-refractivity contribution is 6.90. The first-order valence-corrected chi connectivity index (χ1v) is 10.7. The van der Waals surface area contributed by atoms with Crippen LogP contribution in [0.25, 0.3) is 10.8 Å². The third kappa shape index (κ3) is 2.15. The first-order chi connectivity index (χ1) is 9.38. The van der Waals surface area contributed by atoms with Gasteiger partial charge in [0.25, 0.3) is 0 Å². The number of benzene rings is 2. The van der Waals surface area contributed by atoms with Gasteiger partial charge in [0.2, 0.25) is 0 Å². The van der Waals surface area contributed by atoms with Crippen LogP contribution in [0.1, 0.15) is 11.1 Å². The van der Waals surface area contributed by atoms with Crippen LogP contribution in [0.15, 0.2) is 24.3 Å². The van der Waals surface area contributed by atoms with Crippen molar-refractivity contribution in [2.24, 2.45) is 0 Å². The second-order valence-corrected chi connectivity index (χ2v) is 11.9. The predicted molar refractivity (Wildman–Crippen MR) is 89.7 cm³/mol. The number of hydrogen-bond donors (Lipinski definition) is 0. The fourth-order valence-electron chi connectivity index (χ4n) is 3.18. The van der Waals surface area contributed by atoms with Crippen molar-refractivity contribution >= 4 is 29.7 Å². The van der Waals surface area contributed by atoms with Crippen molar-refractivity contribution in [3.8, 4) is 0 Å². The molecule has 20 heavy (non-hydrogen) atoms. The van der Waals surface area contributed by atoms with Gasteiger partial charge in [0.15, 0.2) is 0 Å². The molecule has 0 fully saturated rings. The molecule has 0 N–H and O–H groups in total. The summed E-state index contributed by atoms with van der Waals surface area (Å²) in [5, 5.41) is 4.38. The van der Waals surface area contributed by atoms with E-state index in [1.165, 1.54) is 27.6 Å². The van der Waals surface area contributed by atoms with E-state index in [1.54, 1.807) is 5.19 Å². The van der Waals surface area contributed by atoms with Crippen LogP contribution in [0, 0.1) is 0 Å². The highest BCUT2D eigenvalue weighted by atomic mass is 28.3. The van der Waals surface area contributed by atoms with Gasteiger partial charge < -0.3 is 9.64 Å². The van der Waals surface area contributed by atoms with Crippen LogP contribution >= 0.6 is 0 Å². The van der Waals surface area contributed by atoms with Gasteiger partial charge in [0, 0.05) is 19.8 Å². The first-order valence-electron chi connectivity index (χ1n) is 7.22. The summed E-state index contributed by atoms with van der Waals surface area (Å²) in [6.07, 6.45) is 0. The normalized spacial score (nSPS) is 14.7. The molecule has 2 nitrogen and oxygen atoms in total. The van der Waals surface area contributed by atoms with E-state index in [2.05, 4.69) is 62.9 Å². The van der Waals surface area contributed by atoms with Crippen molar-refractivity contribution in [1.82, 2.24) is 0 Å². The summed E-state index contributed by atoms with van der Waals surface area (Å²) in [6.45, 7) is 8.86. The molecule has 3 heteroatoms. The summed E-state index contributed by atoms with van der Waals surface area (Å²) in [7, 11) is 2.80. The predicted octanol–water partition coefficient (Wildman–Crippen LogP) is 3.48. The van der Waals surface area contributed by atoms with Gasteiger partial charge in [0.05, 0.1) is 21.3 Å².